The highest BCUT2D eigenvalue weighted by molar-refractivity contribution is 7.81. The van der Waals surface area contributed by atoms with Crippen LogP contribution in [0, 0.1) is 0 Å². The number of carbonyl (C=O) groups is 3. The fraction of sp³-hybridized carbons (Fsp3) is 0.229. The van der Waals surface area contributed by atoms with Gasteiger partial charge in [-0.05, 0) is 67.8 Å². The summed E-state index contributed by atoms with van der Waals surface area (Å²) in [6.07, 6.45) is -0.664. The third-order valence-electron chi connectivity index (χ3n) is 7.35. The van der Waals surface area contributed by atoms with E-state index in [-0.39, 0.29) is 29.6 Å². The lowest BCUT2D eigenvalue weighted by atomic mass is 9.99. The number of fused-ring (bicyclic) bond motifs is 1. The molecule has 1 heterocycles. The van der Waals surface area contributed by atoms with Crippen LogP contribution in [0.5, 0.6) is 0 Å². The lowest BCUT2D eigenvalue weighted by Gasteiger charge is -2.39. The maximum atomic E-state index is 14.1. The number of halogens is 1. The predicted octanol–water partition coefficient (Wildman–Crippen LogP) is 7.28. The molecule has 232 valence electrons. The average molecular weight is 644 g/mol. The number of para-hydroxylation sites is 1. The standard InChI is InChI=1S/C35H34ClN3O5S/c1-34(2,3)44-33(43)39-20-24-13-7-10-16-30(24)38(21-35(39,45)22-40)32(42)28-18-17-25(19-29(28)36)37-31(41)27-15-9-8-14-26(27)23-11-5-4-6-12-23/h4-19,40,45H,20-22H2,1-3H3,(H,37,41)/t35-/m0/s1. The Morgan fingerprint density at radius 3 is 2.29 bits per heavy atom. The Labute approximate surface area is 273 Å². The van der Waals surface area contributed by atoms with Gasteiger partial charge in [-0.1, -0.05) is 78.3 Å². The molecule has 0 aromatic heterocycles. The van der Waals surface area contributed by atoms with Crippen LogP contribution < -0.4 is 10.2 Å². The summed E-state index contributed by atoms with van der Waals surface area (Å²) in [7, 11) is 0. The average Bonchev–Trinajstić information content (AvgIpc) is 3.15. The molecule has 0 spiro atoms. The van der Waals surface area contributed by atoms with E-state index in [9.17, 15) is 19.5 Å². The van der Waals surface area contributed by atoms with Crippen LogP contribution in [0.4, 0.5) is 16.2 Å². The van der Waals surface area contributed by atoms with Gasteiger partial charge in [-0.2, -0.15) is 0 Å². The molecule has 4 aromatic rings. The van der Waals surface area contributed by atoms with Crippen LogP contribution in [0.2, 0.25) is 5.02 Å². The number of hydrogen-bond donors (Lipinski definition) is 3. The summed E-state index contributed by atoms with van der Waals surface area (Å²) in [5.74, 6) is -0.784. The van der Waals surface area contributed by atoms with Crippen LogP contribution in [0.25, 0.3) is 11.1 Å². The number of rotatable bonds is 5. The van der Waals surface area contributed by atoms with Crippen molar-refractivity contribution in [1.82, 2.24) is 4.90 Å². The number of amides is 3. The molecular formula is C35H34ClN3O5S. The number of aliphatic hydroxyl groups is 1. The first-order valence-corrected chi connectivity index (χ1v) is 15.2. The second-order valence-corrected chi connectivity index (χ2v) is 13.0. The minimum atomic E-state index is -1.47. The van der Waals surface area contributed by atoms with Crippen molar-refractivity contribution in [3.8, 4) is 11.1 Å². The third-order valence-corrected chi connectivity index (χ3v) is 8.19. The molecule has 0 saturated heterocycles. The summed E-state index contributed by atoms with van der Waals surface area (Å²) in [4.78, 5) is 42.0. The van der Waals surface area contributed by atoms with Gasteiger partial charge in [0.05, 0.1) is 30.3 Å². The highest BCUT2D eigenvalue weighted by atomic mass is 35.5. The van der Waals surface area contributed by atoms with Crippen LogP contribution in [0.15, 0.2) is 97.1 Å². The topological polar surface area (TPSA) is 99.2 Å². The summed E-state index contributed by atoms with van der Waals surface area (Å²) >= 11 is 11.4. The molecule has 0 fully saturated rings. The Kier molecular flexibility index (Phi) is 9.25. The van der Waals surface area contributed by atoms with E-state index < -0.39 is 29.1 Å². The molecule has 1 aliphatic heterocycles. The minimum absolute atomic E-state index is 0.0576. The second-order valence-electron chi connectivity index (χ2n) is 11.8. The fourth-order valence-corrected chi connectivity index (χ4v) is 5.73. The van der Waals surface area contributed by atoms with Gasteiger partial charge in [0, 0.05) is 16.9 Å². The van der Waals surface area contributed by atoms with Crippen molar-refractivity contribution in [3.63, 3.8) is 0 Å². The van der Waals surface area contributed by atoms with Crippen LogP contribution in [-0.2, 0) is 11.3 Å². The van der Waals surface area contributed by atoms with E-state index in [0.29, 0.717) is 22.5 Å². The van der Waals surface area contributed by atoms with Crippen LogP contribution in [0.1, 0.15) is 47.1 Å². The van der Waals surface area contributed by atoms with Gasteiger partial charge in [-0.25, -0.2) is 4.79 Å². The molecule has 0 radical (unpaired) electrons. The number of anilines is 2. The highest BCUT2D eigenvalue weighted by Crippen LogP contribution is 2.37. The zero-order valence-electron chi connectivity index (χ0n) is 25.2. The summed E-state index contributed by atoms with van der Waals surface area (Å²) in [6.45, 7) is 4.62. The van der Waals surface area contributed by atoms with Gasteiger partial charge in [0.15, 0.2) is 0 Å². The zero-order chi connectivity index (χ0) is 32.4. The molecular weight excluding hydrogens is 610 g/mol. The van der Waals surface area contributed by atoms with E-state index in [1.54, 1.807) is 69.3 Å². The zero-order valence-corrected chi connectivity index (χ0v) is 26.8. The van der Waals surface area contributed by atoms with Gasteiger partial charge in [-0.15, -0.1) is 12.6 Å². The number of aliphatic hydroxyl groups excluding tert-OH is 1. The van der Waals surface area contributed by atoms with E-state index in [2.05, 4.69) is 5.32 Å². The molecule has 2 N–H and O–H groups in total. The van der Waals surface area contributed by atoms with Gasteiger partial charge >= 0.3 is 6.09 Å². The Hall–Kier alpha value is -4.31. The third kappa shape index (κ3) is 7.01. The summed E-state index contributed by atoms with van der Waals surface area (Å²) in [5, 5.41) is 13.5. The van der Waals surface area contributed by atoms with Crippen LogP contribution in [0.3, 0.4) is 0 Å². The number of carbonyl (C=O) groups excluding carboxylic acids is 3. The van der Waals surface area contributed by atoms with Crippen molar-refractivity contribution in [2.24, 2.45) is 0 Å². The van der Waals surface area contributed by atoms with E-state index in [0.717, 1.165) is 11.1 Å². The number of nitrogens with zero attached hydrogens (tertiary/aromatic N) is 2. The predicted molar refractivity (Wildman–Crippen MR) is 180 cm³/mol. The molecule has 0 bridgehead atoms. The lowest BCUT2D eigenvalue weighted by molar-refractivity contribution is 0.00309. The van der Waals surface area contributed by atoms with Crippen molar-refractivity contribution in [2.75, 3.05) is 23.4 Å². The van der Waals surface area contributed by atoms with Crippen LogP contribution in [-0.4, -0.2) is 51.5 Å². The maximum Gasteiger partial charge on any atom is 0.411 e. The van der Waals surface area contributed by atoms with Gasteiger partial charge in [-0.3, -0.25) is 14.5 Å². The van der Waals surface area contributed by atoms with Gasteiger partial charge in [0.2, 0.25) is 0 Å². The molecule has 0 saturated carbocycles. The Balaban J connectivity index is 1.43. The molecule has 8 nitrogen and oxygen atoms in total. The monoisotopic (exact) mass is 643 g/mol. The molecule has 4 aromatic carbocycles. The van der Waals surface area contributed by atoms with E-state index in [4.69, 9.17) is 29.0 Å². The van der Waals surface area contributed by atoms with Crippen molar-refractivity contribution >= 4 is 53.5 Å². The van der Waals surface area contributed by atoms with E-state index in [1.165, 1.54) is 15.9 Å². The molecule has 1 aliphatic rings. The Morgan fingerprint density at radius 2 is 1.60 bits per heavy atom. The number of thiol groups is 1. The molecule has 45 heavy (non-hydrogen) atoms. The number of hydrogen-bond acceptors (Lipinski definition) is 6. The fourth-order valence-electron chi connectivity index (χ4n) is 5.18. The first-order chi connectivity index (χ1) is 21.4. The second kappa shape index (κ2) is 13.0. The van der Waals surface area contributed by atoms with Crippen molar-refractivity contribution in [1.29, 1.82) is 0 Å². The van der Waals surface area contributed by atoms with Gasteiger partial charge < -0.3 is 20.1 Å². The SMILES string of the molecule is CC(C)(C)OC(=O)N1Cc2ccccc2N(C(=O)c2ccc(NC(=O)c3ccccc3-c3ccccc3)cc2Cl)C[C@]1(S)CO. The smallest absolute Gasteiger partial charge is 0.411 e. The number of benzene rings is 4. The Bertz CT molecular complexity index is 1740. The van der Waals surface area contributed by atoms with Gasteiger partial charge in [0.1, 0.15) is 10.5 Å². The van der Waals surface area contributed by atoms with Crippen LogP contribution >= 0.6 is 24.2 Å². The molecule has 3 amide bonds. The lowest BCUT2D eigenvalue weighted by Crippen LogP contribution is -2.56. The van der Waals surface area contributed by atoms with Crippen molar-refractivity contribution < 1.29 is 24.2 Å². The quantitative estimate of drug-likeness (QED) is 0.199. The summed E-state index contributed by atoms with van der Waals surface area (Å²) in [5.41, 5.74) is 3.21. The van der Waals surface area contributed by atoms with Crippen molar-refractivity contribution in [3.05, 3.63) is 119 Å². The largest absolute Gasteiger partial charge is 0.444 e. The first-order valence-electron chi connectivity index (χ1n) is 14.4. The normalized spacial score (nSPS) is 16.4. The molecule has 5 rings (SSSR count). The summed E-state index contributed by atoms with van der Waals surface area (Å²) < 4.78 is 5.62. The Morgan fingerprint density at radius 1 is 0.933 bits per heavy atom. The number of nitrogens with one attached hydrogen (secondary N) is 1. The molecule has 1 atom stereocenters. The van der Waals surface area contributed by atoms with E-state index in [1.807, 2.05) is 42.5 Å². The maximum absolute atomic E-state index is 14.1. The molecule has 0 aliphatic carbocycles. The highest BCUT2D eigenvalue weighted by Gasteiger charge is 2.44. The number of ether oxygens (including phenoxy) is 1. The minimum Gasteiger partial charge on any atom is -0.444 e. The van der Waals surface area contributed by atoms with E-state index >= 15 is 0 Å². The first kappa shape index (κ1) is 32.1. The molecule has 0 unspecified atom stereocenters. The molecule has 10 heteroatoms. The van der Waals surface area contributed by atoms with Gasteiger partial charge in [0.25, 0.3) is 11.8 Å². The van der Waals surface area contributed by atoms with Crippen molar-refractivity contribution in [2.45, 2.75) is 37.8 Å². The summed E-state index contributed by atoms with van der Waals surface area (Å²) in [6, 6.07) is 28.8.